The molecule has 0 bridgehead atoms. The number of nitrogens with one attached hydrogen (secondary N) is 4. The van der Waals surface area contributed by atoms with E-state index in [1.54, 1.807) is 4.90 Å². The quantitative estimate of drug-likeness (QED) is 0.119. The van der Waals surface area contributed by atoms with Gasteiger partial charge in [0.1, 0.15) is 23.7 Å². The first-order chi connectivity index (χ1) is 31.3. The van der Waals surface area contributed by atoms with Crippen LogP contribution in [0.3, 0.4) is 0 Å². The number of hydrogen-bond acceptors (Lipinski definition) is 10. The molecule has 3 aliphatic heterocycles. The molecule has 4 fully saturated rings. The molecule has 16 nitrogen and oxygen atoms in total. The minimum Gasteiger partial charge on any atom is -0.453 e. The van der Waals surface area contributed by atoms with Crippen LogP contribution in [-0.2, 0) is 40.4 Å². The van der Waals surface area contributed by atoms with Crippen LogP contribution in [0.5, 0.6) is 0 Å². The number of ether oxygens (including phenoxy) is 4. The van der Waals surface area contributed by atoms with Crippen LogP contribution in [0.2, 0.25) is 0 Å². The van der Waals surface area contributed by atoms with Crippen LogP contribution in [-0.4, -0.2) is 112 Å². The van der Waals surface area contributed by atoms with Crippen LogP contribution < -0.4 is 10.6 Å². The summed E-state index contributed by atoms with van der Waals surface area (Å²) >= 11 is 0. The van der Waals surface area contributed by atoms with Gasteiger partial charge in [-0.3, -0.25) is 9.59 Å². The van der Waals surface area contributed by atoms with E-state index in [1.807, 2.05) is 45.0 Å². The lowest BCUT2D eigenvalue weighted by atomic mass is 9.76. The molecule has 2 spiro atoms. The summed E-state index contributed by atoms with van der Waals surface area (Å²) in [6, 6.07) is 11.0. The van der Waals surface area contributed by atoms with E-state index in [4.69, 9.17) is 28.9 Å². The zero-order valence-corrected chi connectivity index (χ0v) is 38.3. The molecule has 1 saturated carbocycles. The van der Waals surface area contributed by atoms with Crippen molar-refractivity contribution in [1.29, 1.82) is 0 Å². The highest BCUT2D eigenvalue weighted by Gasteiger charge is 2.53. The molecular weight excluding hydrogens is 829 g/mol. The van der Waals surface area contributed by atoms with Gasteiger partial charge in [-0.05, 0) is 83.6 Å². The number of carbonyl (C=O) groups is 4. The average molecular weight is 891 g/mol. The number of methoxy groups -OCH3 is 2. The second-order valence-electron chi connectivity index (χ2n) is 19.1. The molecule has 1 unspecified atom stereocenters. The van der Waals surface area contributed by atoms with E-state index in [0.29, 0.717) is 32.0 Å². The summed E-state index contributed by atoms with van der Waals surface area (Å²) in [6.45, 7) is 9.31. The number of amides is 4. The summed E-state index contributed by atoms with van der Waals surface area (Å²) in [5.74, 6) is -0.234. The number of imidazole rings is 2. The molecular formula is C49H62N8O8. The molecule has 0 radical (unpaired) electrons. The van der Waals surface area contributed by atoms with E-state index in [1.165, 1.54) is 56.6 Å². The van der Waals surface area contributed by atoms with Gasteiger partial charge >= 0.3 is 12.2 Å². The van der Waals surface area contributed by atoms with E-state index in [9.17, 15) is 19.2 Å². The number of likely N-dealkylation sites (tertiary alicyclic amines) is 2. The summed E-state index contributed by atoms with van der Waals surface area (Å²) in [5, 5.41) is 5.46. The third-order valence-corrected chi connectivity index (χ3v) is 14.6. The fraction of sp³-hybridized carbons (Fsp3) is 0.551. The number of aromatic amines is 2. The summed E-state index contributed by atoms with van der Waals surface area (Å²) in [7, 11) is 2.59. The van der Waals surface area contributed by atoms with Crippen molar-refractivity contribution in [2.45, 2.75) is 121 Å². The standard InChI is InChI=1S/C49H62N8O8/c1-28(2)40(54-46(60)62-5)44(58)56-21-9-10-37(56)42-51-26-36(53-42)33-16-15-32(39-34(33)17-20-48(39)18-7-8-19-48)30-11-13-31(14-12-30)35-25-50-43(52-35)38-24-49(64-22-23-65-49)27-57(38)45(59)41(29(3)4)55-47(61)63-6/h11-16,25-26,28-29,37-38,40-41H,7-10,17-24,27H2,1-6H3,(H,50,52)(H,51,53)(H,54,60)(H,55,61)/t37-,38?,40-,41-/m0/s1. The molecule has 5 aliphatic rings. The van der Waals surface area contributed by atoms with E-state index in [0.717, 1.165) is 59.6 Å². The van der Waals surface area contributed by atoms with Crippen molar-refractivity contribution in [3.8, 4) is 33.6 Å². The van der Waals surface area contributed by atoms with Gasteiger partial charge in [-0.25, -0.2) is 19.6 Å². The zero-order chi connectivity index (χ0) is 45.6. The van der Waals surface area contributed by atoms with Crippen LogP contribution in [0.1, 0.15) is 114 Å². The summed E-state index contributed by atoms with van der Waals surface area (Å²) in [6.07, 6.45) is 11.4. The van der Waals surface area contributed by atoms with Gasteiger partial charge < -0.3 is 49.3 Å². The number of H-pyrrole nitrogens is 2. The zero-order valence-electron chi connectivity index (χ0n) is 38.3. The van der Waals surface area contributed by atoms with Gasteiger partial charge in [0.15, 0.2) is 5.79 Å². The summed E-state index contributed by atoms with van der Waals surface area (Å²) < 4.78 is 21.8. The Bertz CT molecular complexity index is 2410. The Labute approximate surface area is 379 Å². The summed E-state index contributed by atoms with van der Waals surface area (Å²) in [4.78, 5) is 72.8. The fourth-order valence-electron chi connectivity index (χ4n) is 11.3. The minimum absolute atomic E-state index is 0.112. The maximum atomic E-state index is 14.1. The Balaban J connectivity index is 0.978. The van der Waals surface area contributed by atoms with Crippen molar-refractivity contribution in [2.75, 3.05) is 40.5 Å². The number of carbonyl (C=O) groups excluding carboxylic acids is 4. The van der Waals surface area contributed by atoms with Crippen molar-refractivity contribution >= 4 is 24.0 Å². The average Bonchev–Trinajstić information content (AvgIpc) is 4.18. The van der Waals surface area contributed by atoms with Gasteiger partial charge in [0.05, 0.1) is 69.8 Å². The Morgan fingerprint density at radius 2 is 1.29 bits per heavy atom. The predicted octanol–water partition coefficient (Wildman–Crippen LogP) is 7.33. The number of nitrogens with zero attached hydrogens (tertiary/aromatic N) is 4. The van der Waals surface area contributed by atoms with Crippen LogP contribution in [0.25, 0.3) is 33.6 Å². The number of aromatic nitrogens is 4. The number of rotatable bonds is 11. The second kappa shape index (κ2) is 17.9. The van der Waals surface area contributed by atoms with E-state index in [2.05, 4.69) is 57.0 Å². The highest BCUT2D eigenvalue weighted by atomic mass is 16.7. The number of hydrogen-bond donors (Lipinski definition) is 4. The third-order valence-electron chi connectivity index (χ3n) is 14.6. The molecule has 4 amide bonds. The number of benzene rings is 2. The topological polar surface area (TPSA) is 193 Å². The Morgan fingerprint density at radius 1 is 0.723 bits per heavy atom. The van der Waals surface area contributed by atoms with E-state index in [-0.39, 0.29) is 41.7 Å². The van der Waals surface area contributed by atoms with Gasteiger partial charge in [0, 0.05) is 18.5 Å². The van der Waals surface area contributed by atoms with Crippen molar-refractivity contribution in [3.63, 3.8) is 0 Å². The van der Waals surface area contributed by atoms with E-state index < -0.39 is 36.1 Å². The molecule has 2 aromatic carbocycles. The Kier molecular flexibility index (Phi) is 12.3. The molecule has 4 N–H and O–H groups in total. The first-order valence-corrected chi connectivity index (χ1v) is 23.3. The monoisotopic (exact) mass is 890 g/mol. The van der Waals surface area contributed by atoms with Crippen LogP contribution in [0.15, 0.2) is 48.8 Å². The van der Waals surface area contributed by atoms with Gasteiger partial charge in [-0.15, -0.1) is 0 Å². The molecule has 2 aliphatic carbocycles. The van der Waals surface area contributed by atoms with Gasteiger partial charge in [-0.1, -0.05) is 76.9 Å². The molecule has 9 rings (SSSR count). The molecule has 346 valence electrons. The normalized spacial score (nSPS) is 21.7. The fourth-order valence-corrected chi connectivity index (χ4v) is 11.3. The SMILES string of the molecule is COC(=O)N[C@H](C(=O)N1CC2(CC1c1ncc(-c3ccc(-c4ccc(-c5cnc([C@@H]6CCCN6C(=O)[C@@H](NC(=O)OC)C(C)C)[nH]5)c5c4C4(CCCC4)CC5)cc3)[nH]1)OCCO2)C(C)C. The molecule has 2 aromatic heterocycles. The molecule has 65 heavy (non-hydrogen) atoms. The maximum Gasteiger partial charge on any atom is 0.407 e. The van der Waals surface area contributed by atoms with Crippen molar-refractivity contribution in [1.82, 2.24) is 40.4 Å². The predicted molar refractivity (Wildman–Crippen MR) is 241 cm³/mol. The molecule has 4 atom stereocenters. The second-order valence-corrected chi connectivity index (χ2v) is 19.1. The van der Waals surface area contributed by atoms with Gasteiger partial charge in [-0.2, -0.15) is 0 Å². The van der Waals surface area contributed by atoms with Crippen molar-refractivity contribution in [3.05, 3.63) is 71.6 Å². The van der Waals surface area contributed by atoms with Crippen molar-refractivity contribution in [2.24, 2.45) is 11.8 Å². The Hall–Kier alpha value is -5.74. The smallest absolute Gasteiger partial charge is 0.407 e. The molecule has 5 heterocycles. The van der Waals surface area contributed by atoms with Crippen LogP contribution in [0.4, 0.5) is 9.59 Å². The first kappa shape index (κ1) is 44.5. The van der Waals surface area contributed by atoms with Crippen molar-refractivity contribution < 1.29 is 38.1 Å². The maximum absolute atomic E-state index is 14.1. The minimum atomic E-state index is -0.936. The first-order valence-electron chi connectivity index (χ1n) is 23.3. The highest BCUT2D eigenvalue weighted by molar-refractivity contribution is 5.87. The summed E-state index contributed by atoms with van der Waals surface area (Å²) in [5.41, 5.74) is 9.26. The lowest BCUT2D eigenvalue weighted by Crippen LogP contribution is -2.52. The largest absolute Gasteiger partial charge is 0.453 e. The van der Waals surface area contributed by atoms with Gasteiger partial charge in [0.25, 0.3) is 0 Å². The molecule has 4 aromatic rings. The van der Waals surface area contributed by atoms with Crippen LogP contribution >= 0.6 is 0 Å². The molecule has 3 saturated heterocycles. The Morgan fingerprint density at radius 3 is 1.92 bits per heavy atom. The highest BCUT2D eigenvalue weighted by Crippen LogP contribution is 2.55. The van der Waals surface area contributed by atoms with Gasteiger partial charge in [0.2, 0.25) is 11.8 Å². The lowest BCUT2D eigenvalue weighted by Gasteiger charge is -2.30. The lowest BCUT2D eigenvalue weighted by molar-refractivity contribution is -0.153. The number of fused-ring (bicyclic) bond motifs is 2. The number of alkyl carbamates (subject to hydrolysis) is 2. The third kappa shape index (κ3) is 8.28. The van der Waals surface area contributed by atoms with E-state index >= 15 is 0 Å². The van der Waals surface area contributed by atoms with Crippen LogP contribution in [0, 0.1) is 11.8 Å². The molecule has 16 heteroatoms.